The van der Waals surface area contributed by atoms with Gasteiger partial charge in [0, 0.05) is 37.7 Å². The summed E-state index contributed by atoms with van der Waals surface area (Å²) in [6.07, 6.45) is 1.93. The molecule has 9 nitrogen and oxygen atoms in total. The van der Waals surface area contributed by atoms with Crippen LogP contribution >= 0.6 is 0 Å². The number of rotatable bonds is 8. The van der Waals surface area contributed by atoms with E-state index in [1.165, 1.54) is 27.1 Å². The molecule has 33 heavy (non-hydrogen) atoms. The molecule has 0 radical (unpaired) electrons. The number of hydrogen-bond acceptors (Lipinski definition) is 7. The zero-order chi connectivity index (χ0) is 23.6. The van der Waals surface area contributed by atoms with Crippen molar-refractivity contribution >= 4 is 32.9 Å². The summed E-state index contributed by atoms with van der Waals surface area (Å²) in [7, 11) is -3.64. The molecule has 0 spiro atoms. The van der Waals surface area contributed by atoms with Crippen LogP contribution in [-0.4, -0.2) is 42.1 Å². The summed E-state index contributed by atoms with van der Waals surface area (Å²) < 4.78 is 38.7. The molecule has 1 fully saturated rings. The Morgan fingerprint density at radius 1 is 1.06 bits per heavy atom. The number of aromatic nitrogens is 1. The van der Waals surface area contributed by atoms with Gasteiger partial charge in [0.25, 0.3) is 0 Å². The van der Waals surface area contributed by atoms with Crippen molar-refractivity contribution in [3.8, 4) is 5.75 Å². The minimum atomic E-state index is -3.64. The van der Waals surface area contributed by atoms with Crippen molar-refractivity contribution in [1.82, 2.24) is 8.87 Å². The second-order valence-electron chi connectivity index (χ2n) is 7.79. The molecule has 1 aliphatic rings. The number of ketones is 1. The first kappa shape index (κ1) is 22.9. The van der Waals surface area contributed by atoms with Crippen LogP contribution in [0, 0.1) is 0 Å². The number of carbonyl (C=O) groups excluding carboxylic acids is 2. The Bertz CT molecular complexity index is 1350. The number of esters is 1. The maximum absolute atomic E-state index is 12.8. The van der Waals surface area contributed by atoms with Crippen LogP contribution in [0.25, 0.3) is 11.1 Å². The Kier molecular flexibility index (Phi) is 6.48. The molecular weight excluding hydrogens is 448 g/mol. The standard InChI is InChI=1S/C23H24N2O7S/c1-2-20(26)16-5-7-17(8-6-16)31-22(27)11-14-25-19-10-9-18(15-21(19)32-23(25)28)33(29,30)24-12-3-4-13-24/h5-10,15H,2-4,11-14H2,1H3. The first-order chi connectivity index (χ1) is 15.8. The lowest BCUT2D eigenvalue weighted by molar-refractivity contribution is -0.134. The Balaban J connectivity index is 1.45. The van der Waals surface area contributed by atoms with Gasteiger partial charge in [-0.1, -0.05) is 6.92 Å². The number of nitrogens with zero attached hydrogens (tertiary/aromatic N) is 2. The van der Waals surface area contributed by atoms with Crippen LogP contribution in [0.15, 0.2) is 56.6 Å². The number of ether oxygens (including phenoxy) is 1. The fourth-order valence-electron chi connectivity index (χ4n) is 3.79. The van der Waals surface area contributed by atoms with Crippen LogP contribution in [0.1, 0.15) is 43.0 Å². The second kappa shape index (κ2) is 9.32. The van der Waals surface area contributed by atoms with Gasteiger partial charge in [-0.15, -0.1) is 0 Å². The third-order valence-electron chi connectivity index (χ3n) is 5.61. The van der Waals surface area contributed by atoms with Crippen molar-refractivity contribution < 1.29 is 27.2 Å². The molecule has 0 saturated carbocycles. The fourth-order valence-corrected chi connectivity index (χ4v) is 5.33. The Labute approximate surface area is 190 Å². The lowest BCUT2D eigenvalue weighted by Crippen LogP contribution is -2.27. The highest BCUT2D eigenvalue weighted by Crippen LogP contribution is 2.24. The number of sulfonamides is 1. The smallest absolute Gasteiger partial charge is 0.419 e. The average Bonchev–Trinajstić information content (AvgIpc) is 3.45. The summed E-state index contributed by atoms with van der Waals surface area (Å²) in [6.45, 7) is 2.73. The predicted molar refractivity (Wildman–Crippen MR) is 120 cm³/mol. The number of aryl methyl sites for hydroxylation is 1. The second-order valence-corrected chi connectivity index (χ2v) is 9.72. The van der Waals surface area contributed by atoms with E-state index in [2.05, 4.69) is 0 Å². The third kappa shape index (κ3) is 4.76. The topological polar surface area (TPSA) is 116 Å². The molecule has 174 valence electrons. The molecule has 0 bridgehead atoms. The van der Waals surface area contributed by atoms with Crippen LogP contribution in [0.3, 0.4) is 0 Å². The van der Waals surface area contributed by atoms with Gasteiger partial charge in [0.05, 0.1) is 16.8 Å². The Morgan fingerprint density at radius 2 is 1.76 bits per heavy atom. The molecule has 1 aromatic heterocycles. The van der Waals surface area contributed by atoms with Gasteiger partial charge in [-0.3, -0.25) is 14.2 Å². The van der Waals surface area contributed by atoms with Crippen molar-refractivity contribution in [2.75, 3.05) is 13.1 Å². The molecule has 10 heteroatoms. The molecule has 0 aliphatic carbocycles. The highest BCUT2D eigenvalue weighted by atomic mass is 32.2. The van der Waals surface area contributed by atoms with Crippen molar-refractivity contribution in [3.05, 3.63) is 58.6 Å². The van der Waals surface area contributed by atoms with Gasteiger partial charge in [0.15, 0.2) is 11.4 Å². The van der Waals surface area contributed by atoms with Gasteiger partial charge in [-0.2, -0.15) is 4.31 Å². The molecule has 4 rings (SSSR count). The number of oxazole rings is 1. The number of fused-ring (bicyclic) bond motifs is 1. The number of benzene rings is 2. The molecule has 0 unspecified atom stereocenters. The zero-order valence-corrected chi connectivity index (χ0v) is 19.0. The van der Waals surface area contributed by atoms with Gasteiger partial charge in [0.2, 0.25) is 10.0 Å². The van der Waals surface area contributed by atoms with Crippen LogP contribution in [0.2, 0.25) is 0 Å². The zero-order valence-electron chi connectivity index (χ0n) is 18.2. The summed E-state index contributed by atoms with van der Waals surface area (Å²) in [4.78, 5) is 36.3. The van der Waals surface area contributed by atoms with E-state index in [-0.39, 0.29) is 29.2 Å². The molecular formula is C23H24N2O7S. The fraction of sp³-hybridized carbons (Fsp3) is 0.348. The number of carbonyl (C=O) groups is 2. The van der Waals surface area contributed by atoms with Crippen LogP contribution < -0.4 is 10.5 Å². The Hall–Kier alpha value is -3.24. The largest absolute Gasteiger partial charge is 0.426 e. The molecule has 1 saturated heterocycles. The molecule has 2 heterocycles. The maximum Gasteiger partial charge on any atom is 0.419 e. The minimum absolute atomic E-state index is 0.00419. The molecule has 1 aliphatic heterocycles. The average molecular weight is 473 g/mol. The first-order valence-electron chi connectivity index (χ1n) is 10.8. The van der Waals surface area contributed by atoms with Crippen LogP contribution in [0.5, 0.6) is 5.75 Å². The lowest BCUT2D eigenvalue weighted by Gasteiger charge is -2.15. The third-order valence-corrected chi connectivity index (χ3v) is 7.51. The summed E-state index contributed by atoms with van der Waals surface area (Å²) in [6, 6.07) is 10.6. The summed E-state index contributed by atoms with van der Waals surface area (Å²) in [5.41, 5.74) is 1.08. The van der Waals surface area contributed by atoms with Gasteiger partial charge >= 0.3 is 11.7 Å². The predicted octanol–water partition coefficient (Wildman–Crippen LogP) is 2.97. The van der Waals surface area contributed by atoms with Crippen LogP contribution in [0.4, 0.5) is 0 Å². The SMILES string of the molecule is CCC(=O)c1ccc(OC(=O)CCn2c(=O)oc3cc(S(=O)(=O)N4CCCC4)ccc32)cc1. The number of Topliss-reactive ketones (excluding diaryl/α,β-unsaturated/α-hetero) is 1. The minimum Gasteiger partial charge on any atom is -0.426 e. The van der Waals surface area contributed by atoms with Crippen LogP contribution in [-0.2, 0) is 21.4 Å². The molecule has 0 N–H and O–H groups in total. The van der Waals surface area contributed by atoms with Crippen molar-refractivity contribution in [1.29, 1.82) is 0 Å². The van der Waals surface area contributed by atoms with Crippen molar-refractivity contribution in [2.24, 2.45) is 0 Å². The quantitative estimate of drug-likeness (QED) is 0.281. The molecule has 2 aromatic carbocycles. The van der Waals surface area contributed by atoms with E-state index in [0.29, 0.717) is 36.3 Å². The van der Waals surface area contributed by atoms with Crippen molar-refractivity contribution in [2.45, 2.75) is 44.0 Å². The summed E-state index contributed by atoms with van der Waals surface area (Å²) >= 11 is 0. The molecule has 0 amide bonds. The van der Waals surface area contributed by atoms with Gasteiger partial charge < -0.3 is 9.15 Å². The van der Waals surface area contributed by atoms with E-state index in [4.69, 9.17) is 9.15 Å². The van der Waals surface area contributed by atoms with E-state index in [1.54, 1.807) is 31.2 Å². The summed E-state index contributed by atoms with van der Waals surface area (Å²) in [5.74, 6) is -0.945. The van der Waals surface area contributed by atoms with Crippen molar-refractivity contribution in [3.63, 3.8) is 0 Å². The number of hydrogen-bond donors (Lipinski definition) is 0. The highest BCUT2D eigenvalue weighted by Gasteiger charge is 2.28. The van der Waals surface area contributed by atoms with Gasteiger partial charge in [-0.25, -0.2) is 13.2 Å². The maximum atomic E-state index is 12.8. The van der Waals surface area contributed by atoms with E-state index < -0.39 is 21.7 Å². The van der Waals surface area contributed by atoms with E-state index in [9.17, 15) is 22.8 Å². The van der Waals surface area contributed by atoms with E-state index in [1.807, 2.05) is 0 Å². The first-order valence-corrected chi connectivity index (χ1v) is 12.2. The van der Waals surface area contributed by atoms with Gasteiger partial charge in [-0.05, 0) is 49.2 Å². The normalized spacial score (nSPS) is 14.6. The monoisotopic (exact) mass is 472 g/mol. The van der Waals surface area contributed by atoms with Gasteiger partial charge in [0.1, 0.15) is 5.75 Å². The Morgan fingerprint density at radius 3 is 2.42 bits per heavy atom. The summed E-state index contributed by atoms with van der Waals surface area (Å²) in [5, 5.41) is 0. The van der Waals surface area contributed by atoms with E-state index in [0.717, 1.165) is 12.8 Å². The lowest BCUT2D eigenvalue weighted by atomic mass is 10.1. The molecule has 3 aromatic rings. The molecule has 0 atom stereocenters. The highest BCUT2D eigenvalue weighted by molar-refractivity contribution is 7.89. The van der Waals surface area contributed by atoms with E-state index >= 15 is 0 Å².